The first-order valence-corrected chi connectivity index (χ1v) is 11.7. The van der Waals surface area contributed by atoms with E-state index in [2.05, 4.69) is 31.8 Å². The first-order valence-electron chi connectivity index (χ1n) is 11.7. The summed E-state index contributed by atoms with van der Waals surface area (Å²) >= 11 is 0. The van der Waals surface area contributed by atoms with Gasteiger partial charge < -0.3 is 55.7 Å². The van der Waals surface area contributed by atoms with Crippen LogP contribution in [0.2, 0.25) is 0 Å². The lowest BCUT2D eigenvalue weighted by Gasteiger charge is -2.44. The average molecular weight is 597 g/mol. The van der Waals surface area contributed by atoms with Gasteiger partial charge >= 0.3 is 18.1 Å². The molecule has 2 heterocycles. The fourth-order valence-electron chi connectivity index (χ4n) is 3.72. The summed E-state index contributed by atoms with van der Waals surface area (Å²) in [5.74, 6) is -2.51. The monoisotopic (exact) mass is 597 g/mol. The number of nitrogens with one attached hydrogen (secondary N) is 3. The SMILES string of the molecule is CN(N=O)C(=O)NC[C@H]1O[C@@](CNC(=O)N(C)N=O)(O[C@H]2O[C@H](CNC(=O)N(C)N=O)[C@@H](O)[C@H](O)[C@H]2O)[C@@H](O)[C@@H]1O. The van der Waals surface area contributed by atoms with Crippen LogP contribution >= 0.6 is 0 Å². The maximum Gasteiger partial charge on any atom is 0.340 e. The molecule has 41 heavy (non-hydrogen) atoms. The van der Waals surface area contributed by atoms with Crippen LogP contribution in [0.15, 0.2) is 15.9 Å². The largest absolute Gasteiger partial charge is 0.388 e. The topological polar surface area (TPSA) is 314 Å². The maximum atomic E-state index is 12.1. The molecule has 6 amide bonds. The fourth-order valence-corrected chi connectivity index (χ4v) is 3.72. The quantitative estimate of drug-likeness (QED) is 0.0823. The third kappa shape index (κ3) is 7.73. The highest BCUT2D eigenvalue weighted by molar-refractivity contribution is 5.74. The lowest BCUT2D eigenvalue weighted by molar-refractivity contribution is -0.372. The number of amides is 6. The number of hydrogen-bond donors (Lipinski definition) is 8. The summed E-state index contributed by atoms with van der Waals surface area (Å²) in [5, 5.41) is 67.4. The van der Waals surface area contributed by atoms with Crippen molar-refractivity contribution in [3.05, 3.63) is 14.7 Å². The van der Waals surface area contributed by atoms with Crippen LogP contribution in [0, 0.1) is 14.7 Å². The molecule has 0 spiro atoms. The first kappa shape index (κ1) is 33.5. The molecule has 0 saturated carbocycles. The second-order valence-electron chi connectivity index (χ2n) is 8.88. The van der Waals surface area contributed by atoms with Gasteiger partial charge in [-0.1, -0.05) is 0 Å². The van der Waals surface area contributed by atoms with Gasteiger partial charge in [-0.25, -0.2) is 14.4 Å². The highest BCUT2D eigenvalue weighted by atomic mass is 16.8. The van der Waals surface area contributed by atoms with Gasteiger partial charge in [-0.3, -0.25) is 0 Å². The third-order valence-corrected chi connectivity index (χ3v) is 6.13. The number of ether oxygens (including phenoxy) is 3. The minimum absolute atomic E-state index is 0.321. The Bertz CT molecular complexity index is 979. The molecule has 0 aliphatic carbocycles. The van der Waals surface area contributed by atoms with Crippen molar-refractivity contribution in [3.63, 3.8) is 0 Å². The molecule has 2 rings (SSSR count). The van der Waals surface area contributed by atoms with E-state index in [4.69, 9.17) is 14.2 Å². The third-order valence-electron chi connectivity index (χ3n) is 6.13. The Hall–Kier alpha value is -3.71. The van der Waals surface area contributed by atoms with Crippen LogP contribution < -0.4 is 16.0 Å². The smallest absolute Gasteiger partial charge is 0.340 e. The molecule has 232 valence electrons. The molecule has 0 aromatic rings. The molecule has 2 saturated heterocycles. The van der Waals surface area contributed by atoms with E-state index in [1.165, 1.54) is 0 Å². The van der Waals surface area contributed by atoms with Crippen LogP contribution in [-0.4, -0.2) is 154 Å². The van der Waals surface area contributed by atoms with Gasteiger partial charge in [-0.05, 0) is 0 Å². The zero-order valence-corrected chi connectivity index (χ0v) is 21.8. The van der Waals surface area contributed by atoms with Crippen molar-refractivity contribution in [2.45, 2.75) is 54.8 Å². The lowest BCUT2D eigenvalue weighted by Crippen LogP contribution is -2.64. The van der Waals surface area contributed by atoms with E-state index in [1.54, 1.807) is 0 Å². The molecule has 2 fully saturated rings. The molecular formula is C18H31N9O14. The predicted molar refractivity (Wildman–Crippen MR) is 128 cm³/mol. The summed E-state index contributed by atoms with van der Waals surface area (Å²) in [6.45, 7) is -1.96. The molecule has 23 heteroatoms. The molecular weight excluding hydrogens is 566 g/mol. The Labute approximate surface area is 230 Å². The highest BCUT2D eigenvalue weighted by Gasteiger charge is 2.59. The molecule has 9 atom stereocenters. The van der Waals surface area contributed by atoms with E-state index in [0.29, 0.717) is 15.0 Å². The van der Waals surface area contributed by atoms with Gasteiger partial charge in [0, 0.05) is 34.2 Å². The number of nitroso groups, excluding NO2 is 3. The van der Waals surface area contributed by atoms with Gasteiger partial charge in [0.1, 0.15) is 42.7 Å². The second-order valence-corrected chi connectivity index (χ2v) is 8.88. The molecule has 8 N–H and O–H groups in total. The Morgan fingerprint density at radius 1 is 0.732 bits per heavy atom. The van der Waals surface area contributed by atoms with E-state index in [-0.39, 0.29) is 0 Å². The van der Waals surface area contributed by atoms with Crippen LogP contribution in [0.1, 0.15) is 0 Å². The minimum atomic E-state index is -2.51. The van der Waals surface area contributed by atoms with E-state index in [9.17, 15) is 54.6 Å². The summed E-state index contributed by atoms with van der Waals surface area (Å²) < 4.78 is 16.7. The van der Waals surface area contributed by atoms with Gasteiger partial charge in [-0.2, -0.15) is 15.0 Å². The van der Waals surface area contributed by atoms with Crippen LogP contribution in [0.25, 0.3) is 0 Å². The Balaban J connectivity index is 2.30. The number of carbonyl (C=O) groups excluding carboxylic acids is 3. The average Bonchev–Trinajstić information content (AvgIpc) is 3.21. The number of aliphatic hydroxyl groups excluding tert-OH is 5. The highest BCUT2D eigenvalue weighted by Crippen LogP contribution is 2.36. The summed E-state index contributed by atoms with van der Waals surface area (Å²) in [6, 6.07) is -3.16. The van der Waals surface area contributed by atoms with Crippen molar-refractivity contribution >= 4 is 18.1 Å². The van der Waals surface area contributed by atoms with Crippen molar-refractivity contribution in [3.8, 4) is 0 Å². The number of urea groups is 3. The molecule has 2 aliphatic rings. The number of aliphatic hydroxyl groups is 5. The van der Waals surface area contributed by atoms with Gasteiger partial charge in [0.2, 0.25) is 5.79 Å². The molecule has 23 nitrogen and oxygen atoms in total. The Kier molecular flexibility index (Phi) is 11.7. The number of carbonyl (C=O) groups is 3. The van der Waals surface area contributed by atoms with Crippen LogP contribution in [-0.2, 0) is 14.2 Å². The normalized spacial score (nSPS) is 32.8. The van der Waals surface area contributed by atoms with Crippen molar-refractivity contribution in [1.29, 1.82) is 0 Å². The zero-order chi connectivity index (χ0) is 31.1. The predicted octanol–water partition coefficient (Wildman–Crippen LogP) is -4.40. The maximum absolute atomic E-state index is 12.1. The van der Waals surface area contributed by atoms with Crippen molar-refractivity contribution in [2.75, 3.05) is 40.8 Å². The van der Waals surface area contributed by atoms with E-state index in [1.807, 2.05) is 0 Å². The standard InChI is InChI=1S/C18H31N9O14/c1-25(22-36)15(33)19-4-7-9(28)11(30)12(31)14(39-7)41-18(6-21-17(35)27(3)24-38)13(32)10(29)8(40-18)5-20-16(34)26(2)23-37/h7-14,28-32H,4-6H2,1-3H3,(H,19,33)(H,20,34)(H,21,35)/t7-,8-,9-,10-,11+,12-,13+,14-,18+/m1/s1. The fraction of sp³-hybridized carbons (Fsp3) is 0.833. The van der Waals surface area contributed by atoms with Crippen LogP contribution in [0.4, 0.5) is 14.4 Å². The van der Waals surface area contributed by atoms with Gasteiger partial charge in [0.25, 0.3) is 0 Å². The molecule has 0 bridgehead atoms. The Morgan fingerprint density at radius 2 is 1.20 bits per heavy atom. The number of rotatable bonds is 11. The van der Waals surface area contributed by atoms with E-state index < -0.39 is 92.5 Å². The summed E-state index contributed by atoms with van der Waals surface area (Å²) in [4.78, 5) is 67.5. The van der Waals surface area contributed by atoms with E-state index >= 15 is 0 Å². The van der Waals surface area contributed by atoms with Gasteiger partial charge in [0.15, 0.2) is 6.29 Å². The number of nitrogens with zero attached hydrogens (tertiary/aromatic N) is 6. The van der Waals surface area contributed by atoms with Gasteiger partial charge in [0.05, 0.1) is 22.4 Å². The molecule has 0 aromatic carbocycles. The second kappa shape index (κ2) is 14.3. The summed E-state index contributed by atoms with van der Waals surface area (Å²) in [7, 11) is 3.03. The molecule has 2 aliphatic heterocycles. The van der Waals surface area contributed by atoms with Crippen LogP contribution in [0.5, 0.6) is 0 Å². The lowest BCUT2D eigenvalue weighted by atomic mass is 9.98. The summed E-state index contributed by atoms with van der Waals surface area (Å²) in [6.07, 6.45) is -14.7. The zero-order valence-electron chi connectivity index (χ0n) is 21.8. The van der Waals surface area contributed by atoms with Crippen molar-refractivity contribution in [1.82, 2.24) is 31.0 Å². The number of hydrogen-bond acceptors (Lipinski definition) is 17. The first-order chi connectivity index (χ1) is 19.2. The van der Waals surface area contributed by atoms with Crippen molar-refractivity contribution in [2.24, 2.45) is 15.9 Å². The van der Waals surface area contributed by atoms with E-state index in [0.717, 1.165) is 21.1 Å². The van der Waals surface area contributed by atoms with Crippen molar-refractivity contribution < 1.29 is 54.1 Å². The minimum Gasteiger partial charge on any atom is -0.388 e. The Morgan fingerprint density at radius 3 is 1.68 bits per heavy atom. The van der Waals surface area contributed by atoms with Gasteiger partial charge in [-0.15, -0.1) is 14.7 Å². The molecule has 0 aromatic heterocycles. The summed E-state index contributed by atoms with van der Waals surface area (Å²) in [5.41, 5.74) is 0. The molecule has 0 radical (unpaired) electrons. The molecule has 0 unspecified atom stereocenters. The van der Waals surface area contributed by atoms with Crippen LogP contribution in [0.3, 0.4) is 0 Å².